The molecule has 0 saturated heterocycles. The Hall–Kier alpha value is -2.43. The second kappa shape index (κ2) is 6.13. The van der Waals surface area contributed by atoms with E-state index >= 15 is 0 Å². The Morgan fingerprint density at radius 2 is 2.00 bits per heavy atom. The third-order valence-corrected chi connectivity index (χ3v) is 2.95. The van der Waals surface area contributed by atoms with Crippen molar-refractivity contribution >= 4 is 28.5 Å². The van der Waals surface area contributed by atoms with Crippen molar-refractivity contribution < 1.29 is 26.7 Å². The van der Waals surface area contributed by atoms with Gasteiger partial charge in [-0.2, -0.15) is 9.49 Å². The summed E-state index contributed by atoms with van der Waals surface area (Å²) in [4.78, 5) is 3.79. The number of hydrogen-bond donors (Lipinski definition) is 2. The number of nitrogens with one attached hydrogen (secondary N) is 1. The first kappa shape index (κ1) is 15.9. The lowest BCUT2D eigenvalue weighted by Crippen LogP contribution is -2.18. The van der Waals surface area contributed by atoms with E-state index in [9.17, 15) is 22.0 Å². The van der Waals surface area contributed by atoms with Crippen molar-refractivity contribution in [3.8, 4) is 5.75 Å². The first-order valence-electron chi connectivity index (χ1n) is 5.50. The Bertz CT molecular complexity index is 700. The molecule has 0 fully saturated rings. The van der Waals surface area contributed by atoms with Crippen LogP contribution in [0.2, 0.25) is 0 Å². The van der Waals surface area contributed by atoms with Crippen LogP contribution in [0.15, 0.2) is 22.6 Å². The fourth-order valence-corrected chi connectivity index (χ4v) is 1.89. The highest BCUT2D eigenvalue weighted by atomic mass is 32.1. The number of hydrazone groups is 1. The number of nitrogen functional groups attached to an aromatic ring is 1. The van der Waals surface area contributed by atoms with Crippen LogP contribution in [0.25, 0.3) is 0 Å². The zero-order chi connectivity index (χ0) is 16.3. The Balaban J connectivity index is 2.13. The van der Waals surface area contributed by atoms with E-state index in [1.165, 1.54) is 5.38 Å². The molecule has 2 aromatic rings. The Kier molecular flexibility index (Phi) is 4.45. The van der Waals surface area contributed by atoms with Crippen molar-refractivity contribution in [2.75, 3.05) is 11.2 Å². The number of hydrogen-bond acceptors (Lipinski definition) is 6. The van der Waals surface area contributed by atoms with E-state index in [1.807, 2.05) is 0 Å². The van der Waals surface area contributed by atoms with Crippen LogP contribution in [0.3, 0.4) is 0 Å². The highest BCUT2D eigenvalue weighted by molar-refractivity contribution is 7.14. The molecule has 3 N–H and O–H groups in total. The van der Waals surface area contributed by atoms with Gasteiger partial charge in [0.25, 0.3) is 0 Å². The molecule has 1 aromatic carbocycles. The molecular weight excluding hydrogens is 331 g/mol. The summed E-state index contributed by atoms with van der Waals surface area (Å²) in [6.45, 7) is 0. The van der Waals surface area contributed by atoms with Gasteiger partial charge in [-0.15, -0.1) is 24.5 Å². The van der Waals surface area contributed by atoms with E-state index in [2.05, 4.69) is 20.2 Å². The zero-order valence-corrected chi connectivity index (χ0v) is 11.3. The van der Waals surface area contributed by atoms with Crippen LogP contribution in [-0.4, -0.2) is 17.6 Å². The molecule has 0 bridgehead atoms. The topological polar surface area (TPSA) is 72.5 Å². The summed E-state index contributed by atoms with van der Waals surface area (Å²) in [5, 5.41) is 5.42. The molecule has 2 rings (SSSR count). The number of nitrogens with zero attached hydrogens (tertiary/aromatic N) is 2. The fraction of sp³-hybridized carbons (Fsp3) is 0.0909. The van der Waals surface area contributed by atoms with Gasteiger partial charge in [0.05, 0.1) is 6.21 Å². The summed E-state index contributed by atoms with van der Waals surface area (Å²) in [6, 6.07) is 1.54. The summed E-state index contributed by atoms with van der Waals surface area (Å²) in [7, 11) is 0. The first-order chi connectivity index (χ1) is 10.3. The summed E-state index contributed by atoms with van der Waals surface area (Å²) in [5.74, 6) is -4.29. The van der Waals surface area contributed by atoms with Gasteiger partial charge in [0.2, 0.25) is 10.9 Å². The molecule has 0 radical (unpaired) electrons. The zero-order valence-electron chi connectivity index (χ0n) is 10.5. The van der Waals surface area contributed by atoms with Gasteiger partial charge in [0, 0.05) is 10.9 Å². The largest absolute Gasteiger partial charge is 0.573 e. The molecular formula is C11H7F5N4OS. The standard InChI is InChI=1S/C11H7F5N4OS/c12-8-5(3-18-20-10-19-7(17)4-22-10)1-2-6(9(8)13)21-11(14,15)16/h1-4H,17H2,(H,19,20). The molecule has 5 nitrogen and oxygen atoms in total. The summed E-state index contributed by atoms with van der Waals surface area (Å²) in [5.41, 5.74) is 7.40. The number of nitrogens with two attached hydrogens (primary N) is 1. The number of ether oxygens (including phenoxy) is 1. The summed E-state index contributed by atoms with van der Waals surface area (Å²) < 4.78 is 66.3. The summed E-state index contributed by atoms with van der Waals surface area (Å²) >= 11 is 1.13. The van der Waals surface area contributed by atoms with Crippen LogP contribution in [-0.2, 0) is 0 Å². The van der Waals surface area contributed by atoms with E-state index in [0.29, 0.717) is 11.2 Å². The van der Waals surface area contributed by atoms with E-state index in [-0.39, 0.29) is 11.4 Å². The second-order valence-electron chi connectivity index (χ2n) is 3.78. The predicted octanol–water partition coefficient (Wildman–Crippen LogP) is 3.35. The number of alkyl halides is 3. The molecule has 1 aromatic heterocycles. The maximum Gasteiger partial charge on any atom is 0.573 e. The summed E-state index contributed by atoms with van der Waals surface area (Å²) in [6.07, 6.45) is -4.23. The predicted molar refractivity (Wildman–Crippen MR) is 70.8 cm³/mol. The number of thiazole rings is 1. The van der Waals surface area contributed by atoms with Crippen molar-refractivity contribution in [3.05, 3.63) is 34.7 Å². The van der Waals surface area contributed by atoms with Crippen LogP contribution >= 0.6 is 11.3 Å². The fourth-order valence-electron chi connectivity index (χ4n) is 1.34. The van der Waals surface area contributed by atoms with E-state index in [0.717, 1.165) is 23.6 Å². The lowest BCUT2D eigenvalue weighted by Gasteiger charge is -2.10. The SMILES string of the molecule is Nc1csc(NN=Cc2ccc(OC(F)(F)F)c(F)c2F)n1. The van der Waals surface area contributed by atoms with Gasteiger partial charge in [-0.3, -0.25) is 5.43 Å². The molecule has 118 valence electrons. The highest BCUT2D eigenvalue weighted by Gasteiger charge is 2.33. The quantitative estimate of drug-likeness (QED) is 0.509. The van der Waals surface area contributed by atoms with Crippen LogP contribution in [0.4, 0.5) is 32.9 Å². The molecule has 0 spiro atoms. The smallest absolute Gasteiger partial charge is 0.403 e. The molecule has 0 aliphatic heterocycles. The average Bonchev–Trinajstić information content (AvgIpc) is 2.82. The van der Waals surface area contributed by atoms with Crippen LogP contribution < -0.4 is 15.9 Å². The van der Waals surface area contributed by atoms with Gasteiger partial charge in [-0.05, 0) is 12.1 Å². The maximum absolute atomic E-state index is 13.6. The van der Waals surface area contributed by atoms with Gasteiger partial charge < -0.3 is 10.5 Å². The van der Waals surface area contributed by atoms with Gasteiger partial charge in [-0.25, -0.2) is 9.37 Å². The van der Waals surface area contributed by atoms with Crippen LogP contribution in [0.5, 0.6) is 5.75 Å². The van der Waals surface area contributed by atoms with Crippen molar-refractivity contribution in [2.45, 2.75) is 6.36 Å². The monoisotopic (exact) mass is 338 g/mol. The molecule has 0 amide bonds. The second-order valence-corrected chi connectivity index (χ2v) is 4.63. The Morgan fingerprint density at radius 3 is 2.59 bits per heavy atom. The Labute approximate surface area is 124 Å². The van der Waals surface area contributed by atoms with E-state index in [1.54, 1.807) is 0 Å². The molecule has 0 unspecified atom stereocenters. The lowest BCUT2D eigenvalue weighted by atomic mass is 10.2. The third-order valence-electron chi connectivity index (χ3n) is 2.19. The molecule has 0 saturated carbocycles. The number of aromatic nitrogens is 1. The number of halogens is 5. The van der Waals surface area contributed by atoms with Crippen LogP contribution in [0.1, 0.15) is 5.56 Å². The molecule has 0 aliphatic carbocycles. The van der Waals surface area contributed by atoms with Gasteiger partial charge in [0.1, 0.15) is 5.82 Å². The van der Waals surface area contributed by atoms with E-state index in [4.69, 9.17) is 5.73 Å². The molecule has 22 heavy (non-hydrogen) atoms. The third kappa shape index (κ3) is 4.04. The normalized spacial score (nSPS) is 11.9. The highest BCUT2D eigenvalue weighted by Crippen LogP contribution is 2.28. The molecule has 0 aliphatic rings. The number of benzene rings is 1. The lowest BCUT2D eigenvalue weighted by molar-refractivity contribution is -0.275. The minimum absolute atomic E-state index is 0.258. The molecule has 1 heterocycles. The number of rotatable bonds is 4. The number of anilines is 2. The Morgan fingerprint density at radius 1 is 1.27 bits per heavy atom. The first-order valence-corrected chi connectivity index (χ1v) is 6.38. The van der Waals surface area contributed by atoms with Crippen molar-refractivity contribution in [1.29, 1.82) is 0 Å². The molecule has 0 atom stereocenters. The van der Waals surface area contributed by atoms with Crippen molar-refractivity contribution in [3.63, 3.8) is 0 Å². The van der Waals surface area contributed by atoms with Gasteiger partial charge in [-0.1, -0.05) is 0 Å². The van der Waals surface area contributed by atoms with Gasteiger partial charge >= 0.3 is 6.36 Å². The van der Waals surface area contributed by atoms with Crippen molar-refractivity contribution in [2.24, 2.45) is 5.10 Å². The minimum atomic E-state index is -5.12. The van der Waals surface area contributed by atoms with Gasteiger partial charge in [0.15, 0.2) is 11.6 Å². The molecule has 11 heteroatoms. The average molecular weight is 338 g/mol. The van der Waals surface area contributed by atoms with Crippen LogP contribution in [0, 0.1) is 11.6 Å². The van der Waals surface area contributed by atoms with E-state index < -0.39 is 23.7 Å². The maximum atomic E-state index is 13.6. The van der Waals surface area contributed by atoms with Crippen molar-refractivity contribution in [1.82, 2.24) is 4.98 Å². The minimum Gasteiger partial charge on any atom is -0.403 e.